The number of alkyl halides is 2. The Kier molecular flexibility index (Phi) is 11.4. The molecule has 0 spiro atoms. The Morgan fingerprint density at radius 3 is 1.75 bits per heavy atom. The minimum Gasteiger partial charge on any atom is -0.383 e. The normalized spacial score (nSPS) is 13.7. The van der Waals surface area contributed by atoms with Crippen molar-refractivity contribution in [2.45, 2.75) is 57.2 Å². The SMILES string of the molecule is CCCC(N)(N)C(O)C(F)(F)CCC.Cl.Cl. The van der Waals surface area contributed by atoms with Crippen LogP contribution in [0.25, 0.3) is 0 Å². The van der Waals surface area contributed by atoms with Crippen molar-refractivity contribution in [2.75, 3.05) is 0 Å². The van der Waals surface area contributed by atoms with Crippen LogP contribution in [0.1, 0.15) is 39.5 Å². The fraction of sp³-hybridized carbons (Fsp3) is 1.00. The molecule has 0 radical (unpaired) electrons. The fourth-order valence-electron chi connectivity index (χ4n) is 1.43. The summed E-state index contributed by atoms with van der Waals surface area (Å²) in [6.07, 6.45) is -1.35. The van der Waals surface area contributed by atoms with E-state index in [-0.39, 0.29) is 37.7 Å². The van der Waals surface area contributed by atoms with Crippen molar-refractivity contribution < 1.29 is 13.9 Å². The molecule has 1 atom stereocenters. The summed E-state index contributed by atoms with van der Waals surface area (Å²) < 4.78 is 26.5. The summed E-state index contributed by atoms with van der Waals surface area (Å²) >= 11 is 0. The standard InChI is InChI=1S/C9H20F2N2O.2ClH/c1-3-5-8(10,11)7(14)9(12,13)6-4-2;;/h7,14H,3-6,12-13H2,1-2H3;2*1H. The molecular weight excluding hydrogens is 261 g/mol. The molecule has 5 N–H and O–H groups in total. The van der Waals surface area contributed by atoms with Crippen LogP contribution in [0, 0.1) is 0 Å². The van der Waals surface area contributed by atoms with Gasteiger partial charge in [0.2, 0.25) is 0 Å². The number of aliphatic hydroxyl groups is 1. The highest BCUT2D eigenvalue weighted by molar-refractivity contribution is 5.85. The number of aliphatic hydroxyl groups excluding tert-OH is 1. The van der Waals surface area contributed by atoms with Gasteiger partial charge in [-0.05, 0) is 6.42 Å². The maximum Gasteiger partial charge on any atom is 0.276 e. The molecule has 0 aromatic carbocycles. The molecule has 0 saturated heterocycles. The lowest BCUT2D eigenvalue weighted by Gasteiger charge is -2.35. The molecule has 0 aromatic rings. The van der Waals surface area contributed by atoms with E-state index < -0.39 is 24.1 Å². The van der Waals surface area contributed by atoms with Crippen molar-refractivity contribution in [3.63, 3.8) is 0 Å². The van der Waals surface area contributed by atoms with E-state index in [9.17, 15) is 13.9 Å². The van der Waals surface area contributed by atoms with Gasteiger partial charge in [-0.25, -0.2) is 8.78 Å². The van der Waals surface area contributed by atoms with Crippen molar-refractivity contribution in [3.05, 3.63) is 0 Å². The zero-order valence-corrected chi connectivity index (χ0v) is 11.2. The van der Waals surface area contributed by atoms with Crippen molar-refractivity contribution in [2.24, 2.45) is 11.5 Å². The largest absolute Gasteiger partial charge is 0.383 e. The molecule has 0 aliphatic rings. The average molecular weight is 283 g/mol. The van der Waals surface area contributed by atoms with Crippen LogP contribution in [0.4, 0.5) is 8.78 Å². The van der Waals surface area contributed by atoms with Gasteiger partial charge in [0, 0.05) is 6.42 Å². The molecule has 102 valence electrons. The van der Waals surface area contributed by atoms with Crippen LogP contribution in [-0.2, 0) is 0 Å². The zero-order valence-electron chi connectivity index (χ0n) is 9.58. The monoisotopic (exact) mass is 282 g/mol. The van der Waals surface area contributed by atoms with Gasteiger partial charge in [-0.3, -0.25) is 0 Å². The highest BCUT2D eigenvalue weighted by Crippen LogP contribution is 2.29. The van der Waals surface area contributed by atoms with E-state index in [4.69, 9.17) is 11.5 Å². The Labute approximate surface area is 108 Å². The number of halogens is 4. The Morgan fingerprint density at radius 1 is 1.06 bits per heavy atom. The molecule has 0 saturated carbocycles. The molecule has 7 heteroatoms. The van der Waals surface area contributed by atoms with E-state index in [2.05, 4.69) is 0 Å². The Bertz CT molecular complexity index is 165. The summed E-state index contributed by atoms with van der Waals surface area (Å²) in [5, 5.41) is 9.37. The molecule has 0 amide bonds. The van der Waals surface area contributed by atoms with Gasteiger partial charge in [-0.1, -0.05) is 26.7 Å². The number of hydrogen-bond donors (Lipinski definition) is 3. The molecule has 0 aromatic heterocycles. The third-order valence-corrected chi connectivity index (χ3v) is 2.18. The topological polar surface area (TPSA) is 72.3 Å². The van der Waals surface area contributed by atoms with E-state index in [0.29, 0.717) is 6.42 Å². The lowest BCUT2D eigenvalue weighted by Crippen LogP contribution is -2.64. The van der Waals surface area contributed by atoms with Crippen LogP contribution in [0.3, 0.4) is 0 Å². The highest BCUT2D eigenvalue weighted by Gasteiger charge is 2.46. The molecule has 0 bridgehead atoms. The zero-order chi connectivity index (χ0) is 11.4. The van der Waals surface area contributed by atoms with Gasteiger partial charge in [0.15, 0.2) is 0 Å². The minimum atomic E-state index is -3.20. The molecular formula is C9H22Cl2F2N2O. The van der Waals surface area contributed by atoms with E-state index >= 15 is 0 Å². The molecule has 0 aliphatic carbocycles. The van der Waals surface area contributed by atoms with E-state index in [1.807, 2.05) is 0 Å². The summed E-state index contributed by atoms with van der Waals surface area (Å²) in [5.41, 5.74) is 9.17. The Morgan fingerprint density at radius 2 is 1.44 bits per heavy atom. The van der Waals surface area contributed by atoms with Crippen molar-refractivity contribution in [1.82, 2.24) is 0 Å². The summed E-state index contributed by atoms with van der Waals surface area (Å²) in [7, 11) is 0. The number of rotatable bonds is 6. The van der Waals surface area contributed by atoms with Gasteiger partial charge in [-0.15, -0.1) is 24.8 Å². The first-order chi connectivity index (χ1) is 6.28. The van der Waals surface area contributed by atoms with Gasteiger partial charge in [0.25, 0.3) is 5.92 Å². The van der Waals surface area contributed by atoms with Gasteiger partial charge in [-0.2, -0.15) is 0 Å². The van der Waals surface area contributed by atoms with Crippen LogP contribution >= 0.6 is 24.8 Å². The summed E-state index contributed by atoms with van der Waals surface area (Å²) in [5.74, 6) is -3.20. The third-order valence-electron chi connectivity index (χ3n) is 2.18. The quantitative estimate of drug-likeness (QED) is 0.653. The molecule has 16 heavy (non-hydrogen) atoms. The average Bonchev–Trinajstić information content (AvgIpc) is 2.02. The number of hydrogen-bond acceptors (Lipinski definition) is 3. The van der Waals surface area contributed by atoms with Gasteiger partial charge in [0.05, 0.1) is 5.66 Å². The van der Waals surface area contributed by atoms with E-state index in [1.54, 1.807) is 13.8 Å². The van der Waals surface area contributed by atoms with Gasteiger partial charge < -0.3 is 16.6 Å². The fourth-order valence-corrected chi connectivity index (χ4v) is 1.43. The molecule has 1 unspecified atom stereocenters. The Hall–Kier alpha value is 0.320. The first-order valence-corrected chi connectivity index (χ1v) is 4.91. The van der Waals surface area contributed by atoms with Gasteiger partial charge in [0.1, 0.15) is 6.10 Å². The third kappa shape index (κ3) is 6.15. The highest BCUT2D eigenvalue weighted by atomic mass is 35.5. The lowest BCUT2D eigenvalue weighted by atomic mass is 9.92. The van der Waals surface area contributed by atoms with Crippen LogP contribution in [0.15, 0.2) is 0 Å². The molecule has 0 heterocycles. The second-order valence-corrected chi connectivity index (χ2v) is 3.78. The molecule has 0 aliphatic heterocycles. The van der Waals surface area contributed by atoms with Crippen molar-refractivity contribution >= 4 is 24.8 Å². The minimum absolute atomic E-state index is 0. The van der Waals surface area contributed by atoms with E-state index in [1.165, 1.54) is 0 Å². The van der Waals surface area contributed by atoms with Crippen molar-refractivity contribution in [1.29, 1.82) is 0 Å². The first-order valence-electron chi connectivity index (χ1n) is 4.91. The predicted octanol–water partition coefficient (Wildman–Crippen LogP) is 2.04. The first kappa shape index (κ1) is 21.6. The predicted molar refractivity (Wildman–Crippen MR) is 66.4 cm³/mol. The second-order valence-electron chi connectivity index (χ2n) is 3.78. The summed E-state index contributed by atoms with van der Waals surface area (Å²) in [4.78, 5) is 0. The maximum absolute atomic E-state index is 13.2. The van der Waals surface area contributed by atoms with Crippen molar-refractivity contribution in [3.8, 4) is 0 Å². The van der Waals surface area contributed by atoms with Crippen LogP contribution in [0.5, 0.6) is 0 Å². The lowest BCUT2D eigenvalue weighted by molar-refractivity contribution is -0.143. The summed E-state index contributed by atoms with van der Waals surface area (Å²) in [6.45, 7) is 3.40. The Balaban J connectivity index is -0.000000845. The molecule has 0 rings (SSSR count). The second kappa shape index (κ2) is 8.42. The number of nitrogens with two attached hydrogens (primary N) is 2. The smallest absolute Gasteiger partial charge is 0.276 e. The molecule has 3 nitrogen and oxygen atoms in total. The van der Waals surface area contributed by atoms with Gasteiger partial charge >= 0.3 is 0 Å². The summed E-state index contributed by atoms with van der Waals surface area (Å²) in [6, 6.07) is 0. The van der Waals surface area contributed by atoms with E-state index in [0.717, 1.165) is 0 Å². The van der Waals surface area contributed by atoms with Crippen LogP contribution < -0.4 is 11.5 Å². The molecule has 0 fully saturated rings. The maximum atomic E-state index is 13.2. The van der Waals surface area contributed by atoms with Crippen LogP contribution in [-0.4, -0.2) is 22.8 Å². The van der Waals surface area contributed by atoms with Crippen LogP contribution in [0.2, 0.25) is 0 Å².